The zero-order valence-electron chi connectivity index (χ0n) is 17.0. The molecule has 1 fully saturated rings. The number of rotatable bonds is 8. The molecule has 0 saturated carbocycles. The van der Waals surface area contributed by atoms with Crippen LogP contribution in [-0.4, -0.2) is 62.8 Å². The molecule has 1 unspecified atom stereocenters. The monoisotopic (exact) mass is 510 g/mol. The first-order valence-electron chi connectivity index (χ1n) is 9.78. The second-order valence-corrected chi connectivity index (χ2v) is 7.26. The molecule has 0 bridgehead atoms. The maximum atomic E-state index is 13.7. The van der Waals surface area contributed by atoms with Gasteiger partial charge in [-0.05, 0) is 30.9 Å². The molecule has 5 nitrogen and oxygen atoms in total. The highest BCUT2D eigenvalue weighted by Gasteiger charge is 2.20. The van der Waals surface area contributed by atoms with Gasteiger partial charge in [-0.25, -0.2) is 8.78 Å². The summed E-state index contributed by atoms with van der Waals surface area (Å²) in [7, 11) is 0. The normalized spacial score (nSPS) is 18.1. The zero-order valence-corrected chi connectivity index (χ0v) is 19.3. The Labute approximate surface area is 184 Å². The van der Waals surface area contributed by atoms with Gasteiger partial charge in [-0.3, -0.25) is 9.89 Å². The molecule has 0 spiro atoms. The number of aliphatic imine (C=N–C) groups is 1. The molecule has 0 aromatic heterocycles. The Balaban J connectivity index is 0.00000392. The van der Waals surface area contributed by atoms with Crippen LogP contribution in [0.4, 0.5) is 8.78 Å². The lowest BCUT2D eigenvalue weighted by Crippen LogP contribution is -2.46. The van der Waals surface area contributed by atoms with Crippen LogP contribution in [-0.2, 0) is 11.2 Å². The number of ether oxygens (including phenoxy) is 1. The third-order valence-electron chi connectivity index (χ3n) is 4.36. The van der Waals surface area contributed by atoms with Crippen LogP contribution in [0.3, 0.4) is 0 Å². The Kier molecular flexibility index (Phi) is 11.9. The van der Waals surface area contributed by atoms with Crippen LogP contribution >= 0.6 is 24.0 Å². The van der Waals surface area contributed by atoms with Gasteiger partial charge >= 0.3 is 0 Å². The average Bonchev–Trinajstić information content (AvgIpc) is 2.63. The lowest BCUT2D eigenvalue weighted by molar-refractivity contribution is -0.0261. The lowest BCUT2D eigenvalue weighted by atomic mass is 10.1. The van der Waals surface area contributed by atoms with Gasteiger partial charge in [0, 0.05) is 32.7 Å². The highest BCUT2D eigenvalue weighted by atomic mass is 127. The third kappa shape index (κ3) is 8.57. The van der Waals surface area contributed by atoms with E-state index < -0.39 is 11.6 Å². The third-order valence-corrected chi connectivity index (χ3v) is 4.36. The molecular weight excluding hydrogens is 477 g/mol. The van der Waals surface area contributed by atoms with E-state index in [1.54, 1.807) is 6.07 Å². The van der Waals surface area contributed by atoms with Crippen molar-refractivity contribution < 1.29 is 13.5 Å². The van der Waals surface area contributed by atoms with E-state index in [1.165, 1.54) is 6.07 Å². The summed E-state index contributed by atoms with van der Waals surface area (Å²) in [6.45, 7) is 11.8. The van der Waals surface area contributed by atoms with E-state index in [9.17, 15) is 8.78 Å². The Bertz CT molecular complexity index is 616. The number of halogens is 3. The first-order chi connectivity index (χ1) is 13.0. The molecule has 1 saturated heterocycles. The summed E-state index contributed by atoms with van der Waals surface area (Å²) in [5.41, 5.74) is 0.360. The summed E-state index contributed by atoms with van der Waals surface area (Å²) in [5.74, 6) is -0.288. The van der Waals surface area contributed by atoms with Crippen molar-refractivity contribution in [1.29, 1.82) is 0 Å². The molecule has 8 heteroatoms. The fourth-order valence-corrected chi connectivity index (χ4v) is 3.17. The Morgan fingerprint density at radius 2 is 2.11 bits per heavy atom. The van der Waals surface area contributed by atoms with E-state index >= 15 is 0 Å². The van der Waals surface area contributed by atoms with E-state index in [4.69, 9.17) is 4.74 Å². The van der Waals surface area contributed by atoms with Gasteiger partial charge < -0.3 is 15.4 Å². The highest BCUT2D eigenvalue weighted by molar-refractivity contribution is 14.0. The second kappa shape index (κ2) is 13.3. The summed E-state index contributed by atoms with van der Waals surface area (Å²) < 4.78 is 32.8. The van der Waals surface area contributed by atoms with Gasteiger partial charge in [0.15, 0.2) is 17.6 Å². The Morgan fingerprint density at radius 3 is 2.82 bits per heavy atom. The van der Waals surface area contributed by atoms with Gasteiger partial charge in [-0.1, -0.05) is 26.0 Å². The SMILES string of the molecule is CCNC(=NCC1CN(CC(C)C)CCO1)NCCc1cccc(F)c1F.I. The lowest BCUT2D eigenvalue weighted by Gasteiger charge is -2.33. The molecule has 1 aliphatic heterocycles. The fourth-order valence-electron chi connectivity index (χ4n) is 3.17. The molecule has 1 atom stereocenters. The Morgan fingerprint density at radius 1 is 1.32 bits per heavy atom. The minimum absolute atomic E-state index is 0. The first kappa shape index (κ1) is 25.0. The van der Waals surface area contributed by atoms with Crippen molar-refractivity contribution in [3.05, 3.63) is 35.4 Å². The number of guanidine groups is 1. The first-order valence-corrected chi connectivity index (χ1v) is 9.78. The van der Waals surface area contributed by atoms with Gasteiger partial charge in [-0.15, -0.1) is 24.0 Å². The van der Waals surface area contributed by atoms with Crippen LogP contribution in [0.15, 0.2) is 23.2 Å². The zero-order chi connectivity index (χ0) is 19.6. The van der Waals surface area contributed by atoms with Crippen molar-refractivity contribution in [2.75, 3.05) is 45.9 Å². The quantitative estimate of drug-likeness (QED) is 0.321. The highest BCUT2D eigenvalue weighted by Crippen LogP contribution is 2.11. The minimum atomic E-state index is -0.812. The maximum absolute atomic E-state index is 13.7. The van der Waals surface area contributed by atoms with E-state index in [2.05, 4.69) is 34.4 Å². The molecule has 2 N–H and O–H groups in total. The van der Waals surface area contributed by atoms with Crippen molar-refractivity contribution in [2.24, 2.45) is 10.9 Å². The van der Waals surface area contributed by atoms with E-state index in [-0.39, 0.29) is 30.1 Å². The van der Waals surface area contributed by atoms with E-state index in [0.29, 0.717) is 37.0 Å². The standard InChI is InChI=1S/C20H32F2N4O.HI/c1-4-23-20(24-9-8-16-6-5-7-18(21)19(16)22)25-12-17-14-26(10-11-27-17)13-15(2)3;/h5-7,15,17H,4,8-14H2,1-3H3,(H2,23,24,25);1H. The average molecular weight is 510 g/mol. The Hall–Kier alpha value is -1.00. The van der Waals surface area contributed by atoms with E-state index in [1.807, 2.05) is 6.92 Å². The van der Waals surface area contributed by atoms with Gasteiger partial charge in [0.25, 0.3) is 0 Å². The minimum Gasteiger partial charge on any atom is -0.374 e. The van der Waals surface area contributed by atoms with Gasteiger partial charge in [0.1, 0.15) is 0 Å². The number of benzene rings is 1. The molecule has 2 rings (SSSR count). The summed E-state index contributed by atoms with van der Waals surface area (Å²) >= 11 is 0. The number of morpholine rings is 1. The van der Waals surface area contributed by atoms with Crippen molar-refractivity contribution in [3.63, 3.8) is 0 Å². The maximum Gasteiger partial charge on any atom is 0.191 e. The largest absolute Gasteiger partial charge is 0.374 e. The number of hydrogen-bond acceptors (Lipinski definition) is 3. The molecule has 0 radical (unpaired) electrons. The van der Waals surface area contributed by atoms with E-state index in [0.717, 1.165) is 38.9 Å². The van der Waals surface area contributed by atoms with Crippen molar-refractivity contribution in [1.82, 2.24) is 15.5 Å². The number of hydrogen-bond donors (Lipinski definition) is 2. The smallest absolute Gasteiger partial charge is 0.191 e. The fraction of sp³-hybridized carbons (Fsp3) is 0.650. The second-order valence-electron chi connectivity index (χ2n) is 7.26. The number of nitrogens with one attached hydrogen (secondary N) is 2. The topological polar surface area (TPSA) is 48.9 Å². The van der Waals surface area contributed by atoms with Crippen molar-refractivity contribution in [3.8, 4) is 0 Å². The summed E-state index contributed by atoms with van der Waals surface area (Å²) in [6.07, 6.45) is 0.462. The predicted octanol–water partition coefficient (Wildman–Crippen LogP) is 3.04. The molecule has 0 amide bonds. The van der Waals surface area contributed by atoms with Crippen LogP contribution in [0.25, 0.3) is 0 Å². The summed E-state index contributed by atoms with van der Waals surface area (Å²) in [4.78, 5) is 7.01. The molecular formula is C20H33F2IN4O. The molecule has 1 heterocycles. The molecule has 28 heavy (non-hydrogen) atoms. The number of nitrogens with zero attached hydrogens (tertiary/aromatic N) is 2. The molecule has 1 aromatic rings. The summed E-state index contributed by atoms with van der Waals surface area (Å²) in [6, 6.07) is 4.25. The van der Waals surface area contributed by atoms with Crippen molar-refractivity contribution >= 4 is 29.9 Å². The van der Waals surface area contributed by atoms with Crippen LogP contribution in [0, 0.1) is 17.6 Å². The molecule has 1 aromatic carbocycles. The van der Waals surface area contributed by atoms with Crippen LogP contribution in [0.2, 0.25) is 0 Å². The van der Waals surface area contributed by atoms with Crippen LogP contribution in [0.5, 0.6) is 0 Å². The van der Waals surface area contributed by atoms with Gasteiger partial charge in [0.2, 0.25) is 0 Å². The predicted molar refractivity (Wildman–Crippen MR) is 120 cm³/mol. The molecule has 0 aliphatic carbocycles. The van der Waals surface area contributed by atoms with Crippen molar-refractivity contribution in [2.45, 2.75) is 33.3 Å². The van der Waals surface area contributed by atoms with Gasteiger partial charge in [0.05, 0.1) is 19.3 Å². The molecule has 160 valence electrons. The summed E-state index contributed by atoms with van der Waals surface area (Å²) in [5, 5.41) is 6.36. The molecule has 1 aliphatic rings. The van der Waals surface area contributed by atoms with Crippen LogP contribution < -0.4 is 10.6 Å². The van der Waals surface area contributed by atoms with Gasteiger partial charge in [-0.2, -0.15) is 0 Å². The van der Waals surface area contributed by atoms with Crippen LogP contribution in [0.1, 0.15) is 26.3 Å².